The minimum atomic E-state index is 0.365. The molecule has 1 aliphatic heterocycles. The van der Waals surface area contributed by atoms with Crippen molar-refractivity contribution < 1.29 is 0 Å². The van der Waals surface area contributed by atoms with E-state index >= 15 is 0 Å². The van der Waals surface area contributed by atoms with Gasteiger partial charge in [0.15, 0.2) is 0 Å². The second-order valence-electron chi connectivity index (χ2n) is 7.40. The van der Waals surface area contributed by atoms with Crippen LogP contribution >= 0.6 is 11.6 Å². The van der Waals surface area contributed by atoms with Gasteiger partial charge in [-0.1, -0.05) is 43.6 Å². The SMILES string of the molecule is Cc1cccc2cc(CN3CCc4nc(C(C)C)ncc4C3)c(Cl)nc12. The Morgan fingerprint density at radius 3 is 2.88 bits per heavy atom. The molecule has 0 bridgehead atoms. The Hall–Kier alpha value is -2.04. The van der Waals surface area contributed by atoms with Gasteiger partial charge in [-0.3, -0.25) is 4.90 Å². The van der Waals surface area contributed by atoms with Crippen LogP contribution in [0.15, 0.2) is 30.5 Å². The van der Waals surface area contributed by atoms with Gasteiger partial charge in [-0.15, -0.1) is 0 Å². The van der Waals surface area contributed by atoms with E-state index in [1.54, 1.807) is 0 Å². The van der Waals surface area contributed by atoms with Gasteiger partial charge in [0.25, 0.3) is 0 Å². The predicted molar refractivity (Wildman–Crippen MR) is 105 cm³/mol. The van der Waals surface area contributed by atoms with Crippen LogP contribution in [0.3, 0.4) is 0 Å². The average Bonchev–Trinajstić information content (AvgIpc) is 2.63. The van der Waals surface area contributed by atoms with Crippen molar-refractivity contribution in [2.45, 2.75) is 46.2 Å². The minimum Gasteiger partial charge on any atom is -0.294 e. The fourth-order valence-electron chi connectivity index (χ4n) is 3.52. The first-order valence-electron chi connectivity index (χ1n) is 9.13. The van der Waals surface area contributed by atoms with E-state index in [1.807, 2.05) is 6.20 Å². The predicted octanol–water partition coefficient (Wildman–Crippen LogP) is 4.67. The van der Waals surface area contributed by atoms with E-state index in [0.29, 0.717) is 11.1 Å². The zero-order valence-corrected chi connectivity index (χ0v) is 16.2. The molecule has 26 heavy (non-hydrogen) atoms. The molecule has 4 rings (SSSR count). The van der Waals surface area contributed by atoms with Crippen LogP contribution in [-0.4, -0.2) is 26.4 Å². The molecular formula is C21H23ClN4. The zero-order valence-electron chi connectivity index (χ0n) is 15.5. The lowest BCUT2D eigenvalue weighted by atomic mass is 10.0. The molecule has 1 aliphatic rings. The number of pyridine rings is 1. The van der Waals surface area contributed by atoms with Gasteiger partial charge in [-0.25, -0.2) is 15.0 Å². The molecule has 0 fully saturated rings. The summed E-state index contributed by atoms with van der Waals surface area (Å²) in [5, 5.41) is 1.75. The summed E-state index contributed by atoms with van der Waals surface area (Å²) in [5.41, 5.74) is 5.63. The lowest BCUT2D eigenvalue weighted by Crippen LogP contribution is -2.31. The number of nitrogens with zero attached hydrogens (tertiary/aromatic N) is 4. The van der Waals surface area contributed by atoms with E-state index in [-0.39, 0.29) is 0 Å². The fourth-order valence-corrected chi connectivity index (χ4v) is 3.72. The Bertz CT molecular complexity index is 968. The highest BCUT2D eigenvalue weighted by atomic mass is 35.5. The number of halogens is 1. The van der Waals surface area contributed by atoms with Crippen LogP contribution < -0.4 is 0 Å². The van der Waals surface area contributed by atoms with Crippen LogP contribution in [-0.2, 0) is 19.5 Å². The molecule has 0 saturated carbocycles. The Labute approximate surface area is 159 Å². The molecule has 5 heteroatoms. The summed E-state index contributed by atoms with van der Waals surface area (Å²) in [6, 6.07) is 8.41. The molecular weight excluding hydrogens is 344 g/mol. The molecule has 0 saturated heterocycles. The second kappa shape index (κ2) is 6.93. The van der Waals surface area contributed by atoms with Crippen LogP contribution in [0, 0.1) is 6.92 Å². The summed E-state index contributed by atoms with van der Waals surface area (Å²) >= 11 is 6.49. The van der Waals surface area contributed by atoms with E-state index in [0.717, 1.165) is 53.9 Å². The van der Waals surface area contributed by atoms with Crippen molar-refractivity contribution in [2.24, 2.45) is 0 Å². The molecule has 1 aromatic carbocycles. The Balaban J connectivity index is 1.57. The molecule has 4 nitrogen and oxygen atoms in total. The van der Waals surface area contributed by atoms with Crippen molar-refractivity contribution in [1.29, 1.82) is 0 Å². The summed E-state index contributed by atoms with van der Waals surface area (Å²) < 4.78 is 0. The first kappa shape index (κ1) is 17.4. The smallest absolute Gasteiger partial charge is 0.134 e. The maximum Gasteiger partial charge on any atom is 0.134 e. The highest BCUT2D eigenvalue weighted by Crippen LogP contribution is 2.26. The van der Waals surface area contributed by atoms with Gasteiger partial charge in [0, 0.05) is 60.4 Å². The van der Waals surface area contributed by atoms with Crippen molar-refractivity contribution in [1.82, 2.24) is 19.9 Å². The number of hydrogen-bond donors (Lipinski definition) is 0. The monoisotopic (exact) mass is 366 g/mol. The summed E-state index contributed by atoms with van der Waals surface area (Å²) in [6.45, 7) is 8.96. The molecule has 3 heterocycles. The molecule has 0 unspecified atom stereocenters. The van der Waals surface area contributed by atoms with Crippen molar-refractivity contribution in [3.63, 3.8) is 0 Å². The van der Waals surface area contributed by atoms with Crippen LogP contribution in [0.25, 0.3) is 10.9 Å². The fraction of sp³-hybridized carbons (Fsp3) is 0.381. The first-order chi connectivity index (χ1) is 12.5. The van der Waals surface area contributed by atoms with Gasteiger partial charge < -0.3 is 0 Å². The third kappa shape index (κ3) is 3.31. The quantitative estimate of drug-likeness (QED) is 0.632. The number of fused-ring (bicyclic) bond motifs is 2. The van der Waals surface area contributed by atoms with E-state index in [9.17, 15) is 0 Å². The maximum absolute atomic E-state index is 6.49. The van der Waals surface area contributed by atoms with E-state index in [4.69, 9.17) is 16.6 Å². The van der Waals surface area contributed by atoms with Gasteiger partial charge in [-0.2, -0.15) is 0 Å². The molecule has 134 valence electrons. The van der Waals surface area contributed by atoms with Crippen molar-refractivity contribution in [3.05, 3.63) is 63.8 Å². The number of hydrogen-bond acceptors (Lipinski definition) is 4. The summed E-state index contributed by atoms with van der Waals surface area (Å²) in [4.78, 5) is 16.3. The number of para-hydroxylation sites is 1. The zero-order chi connectivity index (χ0) is 18.3. The Morgan fingerprint density at radius 1 is 1.23 bits per heavy atom. The van der Waals surface area contributed by atoms with E-state index in [1.165, 1.54) is 11.3 Å². The molecule has 0 spiro atoms. The van der Waals surface area contributed by atoms with E-state index in [2.05, 4.69) is 59.9 Å². The van der Waals surface area contributed by atoms with Gasteiger partial charge in [0.05, 0.1) is 5.52 Å². The topological polar surface area (TPSA) is 41.9 Å². The van der Waals surface area contributed by atoms with Crippen LogP contribution in [0.2, 0.25) is 5.15 Å². The van der Waals surface area contributed by atoms with Crippen molar-refractivity contribution >= 4 is 22.5 Å². The lowest BCUT2D eigenvalue weighted by molar-refractivity contribution is 0.242. The number of rotatable bonds is 3. The first-order valence-corrected chi connectivity index (χ1v) is 9.51. The molecule has 0 radical (unpaired) electrons. The van der Waals surface area contributed by atoms with E-state index < -0.39 is 0 Å². The molecule has 3 aromatic rings. The molecule has 0 aliphatic carbocycles. The summed E-state index contributed by atoms with van der Waals surface area (Å²) in [7, 11) is 0. The number of benzene rings is 1. The van der Waals surface area contributed by atoms with Gasteiger partial charge in [-0.05, 0) is 18.6 Å². The van der Waals surface area contributed by atoms with Gasteiger partial charge >= 0.3 is 0 Å². The molecule has 0 N–H and O–H groups in total. The third-order valence-electron chi connectivity index (χ3n) is 5.02. The number of aromatic nitrogens is 3. The molecule has 0 atom stereocenters. The van der Waals surface area contributed by atoms with Crippen LogP contribution in [0.4, 0.5) is 0 Å². The Kier molecular flexibility index (Phi) is 4.63. The third-order valence-corrected chi connectivity index (χ3v) is 5.34. The van der Waals surface area contributed by atoms with Crippen LogP contribution in [0.1, 0.15) is 48.0 Å². The highest BCUT2D eigenvalue weighted by molar-refractivity contribution is 6.30. The van der Waals surface area contributed by atoms with Gasteiger partial charge in [0.2, 0.25) is 0 Å². The minimum absolute atomic E-state index is 0.365. The second-order valence-corrected chi connectivity index (χ2v) is 7.76. The normalized spacial score (nSPS) is 14.8. The van der Waals surface area contributed by atoms with Crippen molar-refractivity contribution in [2.75, 3.05) is 6.54 Å². The standard InChI is InChI=1S/C21H23ClN4/c1-13(2)21-23-10-17-12-26(8-7-18(17)24-21)11-16-9-15-6-4-5-14(3)19(15)25-20(16)22/h4-6,9-10,13H,7-8,11-12H2,1-3H3. The van der Waals surface area contributed by atoms with Gasteiger partial charge in [0.1, 0.15) is 11.0 Å². The summed E-state index contributed by atoms with van der Waals surface area (Å²) in [6.07, 6.45) is 2.95. The largest absolute Gasteiger partial charge is 0.294 e. The van der Waals surface area contributed by atoms with Crippen molar-refractivity contribution in [3.8, 4) is 0 Å². The Morgan fingerprint density at radius 2 is 2.08 bits per heavy atom. The highest BCUT2D eigenvalue weighted by Gasteiger charge is 2.20. The lowest BCUT2D eigenvalue weighted by Gasteiger charge is -2.28. The average molecular weight is 367 g/mol. The maximum atomic E-state index is 6.49. The molecule has 0 amide bonds. The summed E-state index contributed by atoms with van der Waals surface area (Å²) in [5.74, 6) is 1.30. The van der Waals surface area contributed by atoms with Crippen LogP contribution in [0.5, 0.6) is 0 Å². The molecule has 2 aromatic heterocycles. The number of aryl methyl sites for hydroxylation is 1.